The van der Waals surface area contributed by atoms with Crippen LogP contribution >= 0.6 is 37.0 Å². The first-order chi connectivity index (χ1) is 5.36. The van der Waals surface area contributed by atoms with E-state index in [1.54, 1.807) is 6.20 Å². The SMILES string of the molecule is Cl.Cl.S=c1ncc2ccccc2[nH]1. The number of aromatic amines is 1. The van der Waals surface area contributed by atoms with E-state index < -0.39 is 0 Å². The van der Waals surface area contributed by atoms with Crippen LogP contribution in [0.25, 0.3) is 10.9 Å². The summed E-state index contributed by atoms with van der Waals surface area (Å²) in [5.41, 5.74) is 1.03. The third kappa shape index (κ3) is 2.66. The lowest BCUT2D eigenvalue weighted by Gasteiger charge is -1.93. The Balaban J connectivity index is 0.000000720. The Kier molecular flexibility index (Phi) is 4.91. The molecule has 0 saturated carbocycles. The monoisotopic (exact) mass is 234 g/mol. The number of nitrogens with zero attached hydrogens (tertiary/aromatic N) is 1. The van der Waals surface area contributed by atoms with Crippen LogP contribution in [0.1, 0.15) is 0 Å². The first kappa shape index (κ1) is 12.4. The van der Waals surface area contributed by atoms with Crippen molar-refractivity contribution in [1.82, 2.24) is 9.97 Å². The van der Waals surface area contributed by atoms with Crippen LogP contribution in [0.3, 0.4) is 0 Å². The maximum absolute atomic E-state index is 4.87. The molecule has 0 aliphatic carbocycles. The van der Waals surface area contributed by atoms with Gasteiger partial charge in [-0.05, 0) is 18.3 Å². The van der Waals surface area contributed by atoms with Crippen LogP contribution in [0.2, 0.25) is 0 Å². The van der Waals surface area contributed by atoms with E-state index in [0.29, 0.717) is 4.77 Å². The standard InChI is InChI=1S/C8H6N2S.2ClH/c11-8-9-5-6-3-1-2-4-7(6)10-8;;/h1-5H,(H,9,10,11);2*1H. The number of H-pyrrole nitrogens is 1. The molecule has 1 aromatic heterocycles. The fourth-order valence-corrected chi connectivity index (χ4v) is 1.16. The highest BCUT2D eigenvalue weighted by Gasteiger charge is 1.88. The summed E-state index contributed by atoms with van der Waals surface area (Å²) in [6.45, 7) is 0. The molecule has 0 aliphatic heterocycles. The molecule has 1 N–H and O–H groups in total. The number of hydrogen-bond donors (Lipinski definition) is 1. The maximum atomic E-state index is 4.87. The quantitative estimate of drug-likeness (QED) is 0.710. The molecule has 2 aromatic rings. The summed E-state index contributed by atoms with van der Waals surface area (Å²) < 4.78 is 0.531. The average molecular weight is 235 g/mol. The topological polar surface area (TPSA) is 28.7 Å². The van der Waals surface area contributed by atoms with Crippen molar-refractivity contribution in [2.45, 2.75) is 0 Å². The summed E-state index contributed by atoms with van der Waals surface area (Å²) in [6, 6.07) is 7.91. The van der Waals surface area contributed by atoms with Gasteiger partial charge in [0.05, 0.1) is 0 Å². The van der Waals surface area contributed by atoms with Gasteiger partial charge in [0, 0.05) is 17.1 Å². The molecule has 1 heterocycles. The fourth-order valence-electron chi connectivity index (χ4n) is 0.999. The lowest BCUT2D eigenvalue weighted by atomic mass is 10.2. The zero-order valence-electron chi connectivity index (χ0n) is 6.56. The Hall–Kier alpha value is -0.640. The highest BCUT2D eigenvalue weighted by molar-refractivity contribution is 7.71. The molecule has 1 aromatic carbocycles. The molecule has 0 fully saturated rings. The van der Waals surface area contributed by atoms with Crippen molar-refractivity contribution < 1.29 is 0 Å². The lowest BCUT2D eigenvalue weighted by molar-refractivity contribution is 1.19. The summed E-state index contributed by atoms with van der Waals surface area (Å²) in [7, 11) is 0. The van der Waals surface area contributed by atoms with Crippen molar-refractivity contribution >= 4 is 47.9 Å². The smallest absolute Gasteiger partial charge is 0.197 e. The Morgan fingerprint density at radius 2 is 1.85 bits per heavy atom. The zero-order chi connectivity index (χ0) is 7.68. The summed E-state index contributed by atoms with van der Waals surface area (Å²) in [5.74, 6) is 0. The summed E-state index contributed by atoms with van der Waals surface area (Å²) in [6.07, 6.45) is 1.77. The molecule has 2 rings (SSSR count). The minimum Gasteiger partial charge on any atom is -0.330 e. The molecule has 0 aliphatic rings. The van der Waals surface area contributed by atoms with Gasteiger partial charge in [-0.1, -0.05) is 18.2 Å². The third-order valence-corrected chi connectivity index (χ3v) is 1.73. The molecule has 2 nitrogen and oxygen atoms in total. The van der Waals surface area contributed by atoms with Crippen LogP contribution in [0.4, 0.5) is 0 Å². The van der Waals surface area contributed by atoms with Gasteiger partial charge < -0.3 is 4.98 Å². The number of aromatic nitrogens is 2. The first-order valence-corrected chi connectivity index (χ1v) is 3.71. The molecule has 70 valence electrons. The number of halogens is 2. The predicted molar refractivity (Wildman–Crippen MR) is 61.4 cm³/mol. The maximum Gasteiger partial charge on any atom is 0.197 e. The van der Waals surface area contributed by atoms with E-state index >= 15 is 0 Å². The van der Waals surface area contributed by atoms with Gasteiger partial charge in [-0.25, -0.2) is 4.98 Å². The number of benzene rings is 1. The van der Waals surface area contributed by atoms with Crippen molar-refractivity contribution in [1.29, 1.82) is 0 Å². The van der Waals surface area contributed by atoms with E-state index in [9.17, 15) is 0 Å². The molecular weight excluding hydrogens is 227 g/mol. The molecular formula is C8H8Cl2N2S. The van der Waals surface area contributed by atoms with Crippen LogP contribution in [0.5, 0.6) is 0 Å². The molecule has 13 heavy (non-hydrogen) atoms. The Bertz CT molecular complexity index is 441. The Morgan fingerprint density at radius 3 is 2.62 bits per heavy atom. The number of hydrogen-bond acceptors (Lipinski definition) is 2. The molecule has 0 amide bonds. The van der Waals surface area contributed by atoms with Gasteiger partial charge in [0.25, 0.3) is 0 Å². The average Bonchev–Trinajstić information content (AvgIpc) is 2.04. The Morgan fingerprint density at radius 1 is 1.15 bits per heavy atom. The molecule has 0 spiro atoms. The second-order valence-corrected chi connectivity index (χ2v) is 2.66. The molecule has 0 unspecified atom stereocenters. The van der Waals surface area contributed by atoms with Crippen molar-refractivity contribution in [3.8, 4) is 0 Å². The highest BCUT2D eigenvalue weighted by atomic mass is 35.5. The normalized spacial score (nSPS) is 8.62. The van der Waals surface area contributed by atoms with Crippen molar-refractivity contribution in [2.24, 2.45) is 0 Å². The first-order valence-electron chi connectivity index (χ1n) is 3.30. The van der Waals surface area contributed by atoms with Gasteiger partial charge in [-0.2, -0.15) is 0 Å². The van der Waals surface area contributed by atoms with Crippen LogP contribution in [0.15, 0.2) is 30.5 Å². The number of para-hydroxylation sites is 1. The lowest BCUT2D eigenvalue weighted by Crippen LogP contribution is -1.81. The third-order valence-electron chi connectivity index (χ3n) is 1.52. The van der Waals surface area contributed by atoms with E-state index in [2.05, 4.69) is 9.97 Å². The minimum absolute atomic E-state index is 0. The van der Waals surface area contributed by atoms with Gasteiger partial charge in [-0.3, -0.25) is 0 Å². The van der Waals surface area contributed by atoms with Crippen LogP contribution in [-0.2, 0) is 0 Å². The van der Waals surface area contributed by atoms with Crippen molar-refractivity contribution in [2.75, 3.05) is 0 Å². The van der Waals surface area contributed by atoms with Crippen molar-refractivity contribution in [3.63, 3.8) is 0 Å². The molecule has 5 heteroatoms. The van der Waals surface area contributed by atoms with Gasteiger partial charge in [0.15, 0.2) is 4.77 Å². The van der Waals surface area contributed by atoms with Crippen LogP contribution < -0.4 is 0 Å². The predicted octanol–water partition coefficient (Wildman–Crippen LogP) is 3.14. The van der Waals surface area contributed by atoms with Gasteiger partial charge >= 0.3 is 0 Å². The van der Waals surface area contributed by atoms with Crippen LogP contribution in [-0.4, -0.2) is 9.97 Å². The fraction of sp³-hybridized carbons (Fsp3) is 0. The molecule has 0 atom stereocenters. The van der Waals surface area contributed by atoms with E-state index in [1.165, 1.54) is 0 Å². The van der Waals surface area contributed by atoms with E-state index in [0.717, 1.165) is 10.9 Å². The van der Waals surface area contributed by atoms with Gasteiger partial charge in [0.1, 0.15) is 0 Å². The minimum atomic E-state index is 0. The number of nitrogens with one attached hydrogen (secondary N) is 1. The highest BCUT2D eigenvalue weighted by Crippen LogP contribution is 2.07. The Labute approximate surface area is 93.2 Å². The van der Waals surface area contributed by atoms with E-state index in [-0.39, 0.29) is 24.8 Å². The second-order valence-electron chi connectivity index (χ2n) is 2.28. The number of rotatable bonds is 0. The molecule has 0 radical (unpaired) electrons. The van der Waals surface area contributed by atoms with E-state index in [1.807, 2.05) is 24.3 Å². The summed E-state index contributed by atoms with van der Waals surface area (Å²) in [5, 5.41) is 1.08. The second kappa shape index (κ2) is 5.17. The van der Waals surface area contributed by atoms with Crippen LogP contribution in [0, 0.1) is 4.77 Å². The zero-order valence-corrected chi connectivity index (χ0v) is 9.01. The van der Waals surface area contributed by atoms with Gasteiger partial charge in [-0.15, -0.1) is 24.8 Å². The number of fused-ring (bicyclic) bond motifs is 1. The molecule has 0 bridgehead atoms. The van der Waals surface area contributed by atoms with E-state index in [4.69, 9.17) is 12.2 Å². The summed E-state index contributed by atoms with van der Waals surface area (Å²) >= 11 is 4.87. The summed E-state index contributed by atoms with van der Waals surface area (Å²) in [4.78, 5) is 6.96. The largest absolute Gasteiger partial charge is 0.330 e. The van der Waals surface area contributed by atoms with Crippen molar-refractivity contribution in [3.05, 3.63) is 35.2 Å². The van der Waals surface area contributed by atoms with Gasteiger partial charge in [0.2, 0.25) is 0 Å². The molecule has 0 saturated heterocycles.